The second kappa shape index (κ2) is 9.69. The Labute approximate surface area is 202 Å². The number of ether oxygens (including phenoxy) is 1. The number of amides is 1. The molecule has 1 heterocycles. The number of carbonyl (C=O) groups is 3. The quantitative estimate of drug-likeness (QED) is 0.483. The Balaban J connectivity index is 1.58. The van der Waals surface area contributed by atoms with Crippen molar-refractivity contribution in [3.05, 3.63) is 89.5 Å². The third kappa shape index (κ3) is 4.93. The number of fused-ring (bicyclic) bond motifs is 1. The number of nitrogens with zero attached hydrogens (tertiary/aromatic N) is 1. The lowest BCUT2D eigenvalue weighted by Crippen LogP contribution is -2.50. The standard InChI is InChI=1S/C25H22N2O7S/c1-26-24(29)16-6-8-19(9-7-16)34-20-10-12-21(13-11-20)35(32,33)27-15-18-5-3-2-4-17(18)14-22(27)23(28)25(30)31/h2-13,22H,14-15H2,1H3,(H,26,29)(H,30,31)/t22-/m1/s1. The molecule has 1 aliphatic rings. The summed E-state index contributed by atoms with van der Waals surface area (Å²) in [4.78, 5) is 35.3. The summed E-state index contributed by atoms with van der Waals surface area (Å²) >= 11 is 0. The third-order valence-electron chi connectivity index (χ3n) is 5.73. The Morgan fingerprint density at radius 3 is 2.06 bits per heavy atom. The lowest BCUT2D eigenvalue weighted by Gasteiger charge is -2.34. The van der Waals surface area contributed by atoms with Gasteiger partial charge in [0.15, 0.2) is 0 Å². The van der Waals surface area contributed by atoms with Gasteiger partial charge in [0.05, 0.1) is 10.9 Å². The van der Waals surface area contributed by atoms with Gasteiger partial charge in [-0.1, -0.05) is 24.3 Å². The predicted molar refractivity (Wildman–Crippen MR) is 126 cm³/mol. The van der Waals surface area contributed by atoms with Crippen molar-refractivity contribution >= 4 is 27.7 Å². The molecule has 0 saturated heterocycles. The maximum Gasteiger partial charge on any atom is 0.373 e. The molecule has 35 heavy (non-hydrogen) atoms. The van der Waals surface area contributed by atoms with Crippen molar-refractivity contribution in [1.29, 1.82) is 0 Å². The average molecular weight is 495 g/mol. The first-order valence-corrected chi connectivity index (χ1v) is 12.1. The molecule has 0 aliphatic carbocycles. The minimum atomic E-state index is -4.19. The van der Waals surface area contributed by atoms with Crippen molar-refractivity contribution in [3.63, 3.8) is 0 Å². The number of hydrogen-bond acceptors (Lipinski definition) is 6. The van der Waals surface area contributed by atoms with Crippen LogP contribution in [0.1, 0.15) is 21.5 Å². The molecule has 10 heteroatoms. The van der Waals surface area contributed by atoms with Crippen LogP contribution < -0.4 is 10.1 Å². The smallest absolute Gasteiger partial charge is 0.373 e. The van der Waals surface area contributed by atoms with E-state index in [9.17, 15) is 27.9 Å². The lowest BCUT2D eigenvalue weighted by molar-refractivity contribution is -0.151. The summed E-state index contributed by atoms with van der Waals surface area (Å²) in [6.07, 6.45) is -0.0201. The van der Waals surface area contributed by atoms with Crippen molar-refractivity contribution in [1.82, 2.24) is 9.62 Å². The highest BCUT2D eigenvalue weighted by Crippen LogP contribution is 2.31. The number of sulfonamides is 1. The lowest BCUT2D eigenvalue weighted by atomic mass is 9.94. The van der Waals surface area contributed by atoms with Crippen LogP contribution in [0.5, 0.6) is 11.5 Å². The molecular formula is C25H22N2O7S. The molecular weight excluding hydrogens is 472 g/mol. The Bertz CT molecular complexity index is 1380. The Morgan fingerprint density at radius 2 is 1.49 bits per heavy atom. The van der Waals surface area contributed by atoms with Gasteiger partial charge in [0.2, 0.25) is 10.0 Å². The molecule has 1 aliphatic heterocycles. The van der Waals surface area contributed by atoms with Crippen molar-refractivity contribution in [2.45, 2.75) is 23.9 Å². The van der Waals surface area contributed by atoms with Gasteiger partial charge in [-0.3, -0.25) is 9.59 Å². The number of carboxylic acid groups (broad SMARTS) is 1. The van der Waals surface area contributed by atoms with Crippen molar-refractivity contribution in [2.24, 2.45) is 0 Å². The van der Waals surface area contributed by atoms with Gasteiger partial charge in [0.25, 0.3) is 11.7 Å². The van der Waals surface area contributed by atoms with Gasteiger partial charge in [-0.25, -0.2) is 13.2 Å². The molecule has 3 aromatic rings. The zero-order valence-corrected chi connectivity index (χ0v) is 19.5. The second-order valence-corrected chi connectivity index (χ2v) is 9.78. The number of hydrogen-bond donors (Lipinski definition) is 2. The van der Waals surface area contributed by atoms with Gasteiger partial charge in [-0.2, -0.15) is 4.31 Å². The highest BCUT2D eigenvalue weighted by atomic mass is 32.2. The van der Waals surface area contributed by atoms with Crippen LogP contribution in [0.3, 0.4) is 0 Å². The molecule has 1 atom stereocenters. The topological polar surface area (TPSA) is 130 Å². The molecule has 4 rings (SSSR count). The minimum absolute atomic E-state index is 0.0201. The van der Waals surface area contributed by atoms with Crippen LogP contribution in [-0.2, 0) is 32.6 Å². The van der Waals surface area contributed by atoms with Crippen LogP contribution in [0.15, 0.2) is 77.7 Å². The maximum absolute atomic E-state index is 13.4. The highest BCUT2D eigenvalue weighted by Gasteiger charge is 2.41. The van der Waals surface area contributed by atoms with Crippen molar-refractivity contribution in [3.8, 4) is 11.5 Å². The summed E-state index contributed by atoms with van der Waals surface area (Å²) in [5.41, 5.74) is 1.92. The van der Waals surface area contributed by atoms with E-state index in [1.165, 1.54) is 31.3 Å². The zero-order valence-electron chi connectivity index (χ0n) is 18.7. The first kappa shape index (κ1) is 24.1. The van der Waals surface area contributed by atoms with E-state index in [0.717, 1.165) is 9.87 Å². The van der Waals surface area contributed by atoms with E-state index in [1.54, 1.807) is 48.5 Å². The molecule has 9 nitrogen and oxygen atoms in total. The molecule has 0 saturated carbocycles. The number of ketones is 1. The van der Waals surface area contributed by atoms with Gasteiger partial charge in [0.1, 0.15) is 11.5 Å². The van der Waals surface area contributed by atoms with E-state index < -0.39 is 27.8 Å². The molecule has 0 spiro atoms. The van der Waals surface area contributed by atoms with Crippen molar-refractivity contribution < 1.29 is 32.6 Å². The molecule has 1 amide bonds. The van der Waals surface area contributed by atoms with Gasteiger partial charge >= 0.3 is 5.97 Å². The van der Waals surface area contributed by atoms with Crippen LogP contribution in [0.2, 0.25) is 0 Å². The highest BCUT2D eigenvalue weighted by molar-refractivity contribution is 7.89. The largest absolute Gasteiger partial charge is 0.475 e. The Kier molecular flexibility index (Phi) is 6.68. The molecule has 0 bridgehead atoms. The fraction of sp³-hybridized carbons (Fsp3) is 0.160. The normalized spacial score (nSPS) is 15.6. The number of nitrogens with one attached hydrogen (secondary N) is 1. The minimum Gasteiger partial charge on any atom is -0.475 e. The molecule has 0 fully saturated rings. The third-order valence-corrected chi connectivity index (χ3v) is 7.60. The number of rotatable bonds is 7. The first-order valence-electron chi connectivity index (χ1n) is 10.7. The molecule has 3 aromatic carbocycles. The Hall–Kier alpha value is -4.02. The first-order chi connectivity index (χ1) is 16.7. The molecule has 0 radical (unpaired) electrons. The van der Waals surface area contributed by atoms with E-state index in [1.807, 2.05) is 0 Å². The van der Waals surface area contributed by atoms with E-state index in [2.05, 4.69) is 5.32 Å². The summed E-state index contributed by atoms with van der Waals surface area (Å²) in [5, 5.41) is 11.8. The summed E-state index contributed by atoms with van der Waals surface area (Å²) in [6, 6.07) is 17.7. The van der Waals surface area contributed by atoms with Gasteiger partial charge < -0.3 is 15.2 Å². The monoisotopic (exact) mass is 494 g/mol. The van der Waals surface area contributed by atoms with Crippen molar-refractivity contribution in [2.75, 3.05) is 7.05 Å². The average Bonchev–Trinajstić information content (AvgIpc) is 2.87. The van der Waals surface area contributed by atoms with Gasteiger partial charge in [-0.05, 0) is 66.1 Å². The van der Waals surface area contributed by atoms with Crippen LogP contribution in [0, 0.1) is 0 Å². The van der Waals surface area contributed by atoms with Gasteiger partial charge in [0, 0.05) is 19.2 Å². The van der Waals surface area contributed by atoms with Gasteiger partial charge in [-0.15, -0.1) is 0 Å². The number of Topliss-reactive ketones (excluding diaryl/α,β-unsaturated/α-hetero) is 1. The SMILES string of the molecule is CNC(=O)c1ccc(Oc2ccc(S(=O)(=O)N3Cc4ccccc4C[C@@H]3C(=O)C(=O)O)cc2)cc1. The van der Waals surface area contributed by atoms with E-state index >= 15 is 0 Å². The fourth-order valence-corrected chi connectivity index (χ4v) is 5.45. The van der Waals surface area contributed by atoms with E-state index in [4.69, 9.17) is 4.74 Å². The number of benzene rings is 3. The second-order valence-electron chi connectivity index (χ2n) is 7.89. The maximum atomic E-state index is 13.4. The molecule has 0 aromatic heterocycles. The van der Waals surface area contributed by atoms with Crippen LogP contribution in [0.4, 0.5) is 0 Å². The molecule has 2 N–H and O–H groups in total. The predicted octanol–water partition coefficient (Wildman–Crippen LogP) is 2.61. The molecule has 180 valence electrons. The van der Waals surface area contributed by atoms with Crippen LogP contribution >= 0.6 is 0 Å². The number of aliphatic carboxylic acids is 1. The summed E-state index contributed by atoms with van der Waals surface area (Å²) in [7, 11) is -2.66. The van der Waals surface area contributed by atoms with E-state index in [-0.39, 0.29) is 23.8 Å². The zero-order chi connectivity index (χ0) is 25.2. The fourth-order valence-electron chi connectivity index (χ4n) is 3.89. The Morgan fingerprint density at radius 1 is 0.914 bits per heavy atom. The van der Waals surface area contributed by atoms with Crippen LogP contribution in [0.25, 0.3) is 0 Å². The summed E-state index contributed by atoms with van der Waals surface area (Å²) in [6.45, 7) is -0.113. The van der Waals surface area contributed by atoms with Crippen LogP contribution in [-0.4, -0.2) is 48.6 Å². The number of carboxylic acids is 1. The summed E-state index contributed by atoms with van der Waals surface area (Å²) < 4.78 is 33.5. The van der Waals surface area contributed by atoms with E-state index in [0.29, 0.717) is 22.6 Å². The summed E-state index contributed by atoms with van der Waals surface area (Å²) in [5.74, 6) is -2.28. The molecule has 0 unspecified atom stereocenters. The number of carbonyl (C=O) groups excluding carboxylic acids is 2.